The van der Waals surface area contributed by atoms with Gasteiger partial charge in [0.05, 0.1) is 0 Å². The van der Waals surface area contributed by atoms with Gasteiger partial charge in [0, 0.05) is 25.2 Å². The van der Waals surface area contributed by atoms with Crippen molar-refractivity contribution in [2.75, 3.05) is 40.3 Å². The highest BCUT2D eigenvalue weighted by molar-refractivity contribution is 4.86. The average molecular weight is 269 g/mol. The van der Waals surface area contributed by atoms with E-state index < -0.39 is 0 Å². The monoisotopic (exact) mass is 269 g/mol. The fourth-order valence-corrected chi connectivity index (χ4v) is 3.11. The molecule has 0 radical (unpaired) electrons. The molecular weight excluding hydrogens is 234 g/mol. The van der Waals surface area contributed by atoms with Crippen LogP contribution in [0.2, 0.25) is 0 Å². The minimum atomic E-state index is 0.633. The third kappa shape index (κ3) is 6.73. The molecule has 1 N–H and O–H groups in total. The van der Waals surface area contributed by atoms with Crippen molar-refractivity contribution in [3.05, 3.63) is 0 Å². The van der Waals surface area contributed by atoms with Gasteiger partial charge in [-0.25, -0.2) is 0 Å². The van der Waals surface area contributed by atoms with Crippen LogP contribution < -0.4 is 5.32 Å². The fourth-order valence-electron chi connectivity index (χ4n) is 3.11. The smallest absolute Gasteiger partial charge is 0.0254 e. The lowest BCUT2D eigenvalue weighted by atomic mass is 10.1. The van der Waals surface area contributed by atoms with Gasteiger partial charge in [-0.05, 0) is 45.9 Å². The second kappa shape index (κ2) is 8.93. The van der Waals surface area contributed by atoms with E-state index in [1.165, 1.54) is 51.9 Å². The Bertz CT molecular complexity index is 228. The van der Waals surface area contributed by atoms with Gasteiger partial charge in [-0.2, -0.15) is 0 Å². The van der Waals surface area contributed by atoms with Crippen LogP contribution >= 0.6 is 0 Å². The Morgan fingerprint density at radius 2 is 1.79 bits per heavy atom. The van der Waals surface area contributed by atoms with Crippen LogP contribution in [-0.2, 0) is 0 Å². The second-order valence-electron chi connectivity index (χ2n) is 6.79. The first-order valence-corrected chi connectivity index (χ1v) is 8.13. The highest BCUT2D eigenvalue weighted by Crippen LogP contribution is 2.20. The van der Waals surface area contributed by atoms with Gasteiger partial charge in [-0.1, -0.05) is 33.6 Å². The van der Waals surface area contributed by atoms with Crippen LogP contribution in [0.4, 0.5) is 0 Å². The van der Waals surface area contributed by atoms with E-state index in [-0.39, 0.29) is 0 Å². The van der Waals surface area contributed by atoms with E-state index in [1.807, 2.05) is 0 Å². The van der Waals surface area contributed by atoms with Gasteiger partial charge < -0.3 is 15.1 Å². The molecular formula is C16H35N3. The lowest BCUT2D eigenvalue weighted by molar-refractivity contribution is 0.251. The number of hydrogen-bond acceptors (Lipinski definition) is 3. The zero-order chi connectivity index (χ0) is 14.3. The van der Waals surface area contributed by atoms with Gasteiger partial charge in [0.2, 0.25) is 0 Å². The molecule has 0 amide bonds. The molecule has 1 aliphatic heterocycles. The average Bonchev–Trinajstić information content (AvgIpc) is 2.69. The van der Waals surface area contributed by atoms with E-state index in [0.717, 1.165) is 12.0 Å². The number of likely N-dealkylation sites (tertiary alicyclic amines) is 1. The molecule has 1 saturated heterocycles. The number of nitrogens with one attached hydrogen (secondary N) is 1. The zero-order valence-corrected chi connectivity index (χ0v) is 13.8. The lowest BCUT2D eigenvalue weighted by Crippen LogP contribution is -2.34. The first kappa shape index (κ1) is 16.9. The maximum absolute atomic E-state index is 3.49. The van der Waals surface area contributed by atoms with Gasteiger partial charge in [0.1, 0.15) is 0 Å². The number of hydrogen-bond donors (Lipinski definition) is 1. The normalized spacial score (nSPS) is 24.8. The van der Waals surface area contributed by atoms with E-state index in [0.29, 0.717) is 6.04 Å². The molecule has 1 rings (SSSR count). The molecule has 2 unspecified atom stereocenters. The number of likely N-dealkylation sites (N-methyl/N-ethyl adjacent to an activating group) is 1. The topological polar surface area (TPSA) is 18.5 Å². The Morgan fingerprint density at radius 3 is 2.37 bits per heavy atom. The summed E-state index contributed by atoms with van der Waals surface area (Å²) in [6.07, 6.45) is 5.46. The van der Waals surface area contributed by atoms with Crippen LogP contribution in [0.25, 0.3) is 0 Å². The molecule has 0 aromatic heterocycles. The van der Waals surface area contributed by atoms with Gasteiger partial charge in [-0.15, -0.1) is 0 Å². The SMILES string of the molecule is CC(C)NCCCCCCN1CC(C)C(N(C)C)C1. The largest absolute Gasteiger partial charge is 0.315 e. The van der Waals surface area contributed by atoms with Crippen molar-refractivity contribution in [2.45, 2.75) is 58.5 Å². The lowest BCUT2D eigenvalue weighted by Gasteiger charge is -2.22. The van der Waals surface area contributed by atoms with Crippen molar-refractivity contribution in [3.63, 3.8) is 0 Å². The van der Waals surface area contributed by atoms with Gasteiger partial charge in [0.15, 0.2) is 0 Å². The van der Waals surface area contributed by atoms with Crippen LogP contribution in [0.5, 0.6) is 0 Å². The predicted octanol–water partition coefficient (Wildman–Crippen LogP) is 2.43. The molecule has 0 bridgehead atoms. The van der Waals surface area contributed by atoms with Crippen molar-refractivity contribution < 1.29 is 0 Å². The summed E-state index contributed by atoms with van der Waals surface area (Å²) >= 11 is 0. The Kier molecular flexibility index (Phi) is 7.96. The van der Waals surface area contributed by atoms with E-state index in [2.05, 4.69) is 50.0 Å². The molecule has 1 heterocycles. The minimum absolute atomic E-state index is 0.633. The van der Waals surface area contributed by atoms with Gasteiger partial charge in [-0.3, -0.25) is 0 Å². The Balaban J connectivity index is 1.99. The fraction of sp³-hybridized carbons (Fsp3) is 1.00. The van der Waals surface area contributed by atoms with E-state index >= 15 is 0 Å². The third-order valence-corrected chi connectivity index (χ3v) is 4.27. The molecule has 1 fully saturated rings. The summed E-state index contributed by atoms with van der Waals surface area (Å²) in [5, 5.41) is 3.49. The first-order chi connectivity index (χ1) is 9.00. The van der Waals surface area contributed by atoms with E-state index in [1.54, 1.807) is 0 Å². The molecule has 3 heteroatoms. The molecule has 0 spiro atoms. The Hall–Kier alpha value is -0.120. The van der Waals surface area contributed by atoms with Crippen molar-refractivity contribution in [3.8, 4) is 0 Å². The van der Waals surface area contributed by atoms with Crippen LogP contribution in [0.1, 0.15) is 46.5 Å². The molecule has 0 aliphatic carbocycles. The summed E-state index contributed by atoms with van der Waals surface area (Å²) in [5.74, 6) is 0.824. The summed E-state index contributed by atoms with van der Waals surface area (Å²) < 4.78 is 0. The van der Waals surface area contributed by atoms with Gasteiger partial charge >= 0.3 is 0 Å². The van der Waals surface area contributed by atoms with Gasteiger partial charge in [0.25, 0.3) is 0 Å². The van der Waals surface area contributed by atoms with Crippen molar-refractivity contribution in [1.82, 2.24) is 15.1 Å². The van der Waals surface area contributed by atoms with Crippen LogP contribution in [0.3, 0.4) is 0 Å². The first-order valence-electron chi connectivity index (χ1n) is 8.13. The maximum atomic E-state index is 3.49. The number of unbranched alkanes of at least 4 members (excludes halogenated alkanes) is 3. The highest BCUT2D eigenvalue weighted by atomic mass is 15.2. The standard InChI is InChI=1S/C16H35N3/c1-14(2)17-10-8-6-7-9-11-19-12-15(3)16(13-19)18(4)5/h14-17H,6-13H2,1-5H3. The summed E-state index contributed by atoms with van der Waals surface area (Å²) in [6.45, 7) is 11.9. The van der Waals surface area contributed by atoms with Crippen LogP contribution in [0, 0.1) is 5.92 Å². The van der Waals surface area contributed by atoms with Crippen molar-refractivity contribution in [1.29, 1.82) is 0 Å². The van der Waals surface area contributed by atoms with Crippen molar-refractivity contribution in [2.24, 2.45) is 5.92 Å². The molecule has 0 aromatic carbocycles. The molecule has 2 atom stereocenters. The molecule has 1 aliphatic rings. The molecule has 19 heavy (non-hydrogen) atoms. The maximum Gasteiger partial charge on any atom is 0.0254 e. The summed E-state index contributed by atoms with van der Waals surface area (Å²) in [6, 6.07) is 1.39. The van der Waals surface area contributed by atoms with Crippen LogP contribution in [-0.4, -0.2) is 62.2 Å². The molecule has 0 saturated carbocycles. The Labute approximate surface area is 120 Å². The number of rotatable bonds is 9. The third-order valence-electron chi connectivity index (χ3n) is 4.27. The zero-order valence-electron chi connectivity index (χ0n) is 13.8. The van der Waals surface area contributed by atoms with E-state index in [9.17, 15) is 0 Å². The minimum Gasteiger partial charge on any atom is -0.315 e. The van der Waals surface area contributed by atoms with Crippen LogP contribution in [0.15, 0.2) is 0 Å². The summed E-state index contributed by atoms with van der Waals surface area (Å²) in [4.78, 5) is 5.05. The van der Waals surface area contributed by atoms with Crippen molar-refractivity contribution >= 4 is 0 Å². The van der Waals surface area contributed by atoms with E-state index in [4.69, 9.17) is 0 Å². The highest BCUT2D eigenvalue weighted by Gasteiger charge is 2.30. The quantitative estimate of drug-likeness (QED) is 0.649. The Morgan fingerprint density at radius 1 is 1.11 bits per heavy atom. The molecule has 0 aromatic rings. The number of nitrogens with zero attached hydrogens (tertiary/aromatic N) is 2. The second-order valence-corrected chi connectivity index (χ2v) is 6.79. The molecule has 3 nitrogen and oxygen atoms in total. The summed E-state index contributed by atoms with van der Waals surface area (Å²) in [5.41, 5.74) is 0. The summed E-state index contributed by atoms with van der Waals surface area (Å²) in [7, 11) is 4.43. The predicted molar refractivity (Wildman–Crippen MR) is 84.7 cm³/mol. The molecule has 114 valence electrons.